The van der Waals surface area contributed by atoms with E-state index in [0.29, 0.717) is 22.7 Å². The molecular formula is C21H15Cl2N3O4S. The number of hydrogen-bond donors (Lipinski definition) is 2. The van der Waals surface area contributed by atoms with Crippen LogP contribution >= 0.6 is 23.2 Å². The van der Waals surface area contributed by atoms with E-state index in [1.807, 2.05) is 0 Å². The highest BCUT2D eigenvalue weighted by Crippen LogP contribution is 2.26. The number of carbonyl (C=O) groups is 1. The summed E-state index contributed by atoms with van der Waals surface area (Å²) in [5, 5.41) is 3.14. The maximum atomic E-state index is 12.7. The topological polar surface area (TPSA) is 101 Å². The summed E-state index contributed by atoms with van der Waals surface area (Å²) in [5.74, 6) is 0.121. The molecule has 0 atom stereocenters. The van der Waals surface area contributed by atoms with Crippen molar-refractivity contribution in [3.8, 4) is 0 Å². The second-order valence-electron chi connectivity index (χ2n) is 6.63. The molecule has 0 aliphatic heterocycles. The van der Waals surface area contributed by atoms with Crippen LogP contribution in [-0.4, -0.2) is 19.3 Å². The number of halogens is 2. The zero-order valence-electron chi connectivity index (χ0n) is 16.0. The lowest BCUT2D eigenvalue weighted by Crippen LogP contribution is -2.15. The zero-order valence-corrected chi connectivity index (χ0v) is 18.3. The number of carbonyl (C=O) groups excluding carboxylic acids is 1. The van der Waals surface area contributed by atoms with Crippen LogP contribution in [0.3, 0.4) is 0 Å². The van der Waals surface area contributed by atoms with Gasteiger partial charge in [-0.05, 0) is 54.6 Å². The van der Waals surface area contributed by atoms with Gasteiger partial charge in [-0.1, -0.05) is 29.3 Å². The van der Waals surface area contributed by atoms with E-state index in [4.69, 9.17) is 27.6 Å². The first-order chi connectivity index (χ1) is 14.7. The third-order valence-electron chi connectivity index (χ3n) is 4.33. The summed E-state index contributed by atoms with van der Waals surface area (Å²) in [6.07, 6.45) is 0. The molecule has 0 saturated carbocycles. The predicted molar refractivity (Wildman–Crippen MR) is 120 cm³/mol. The van der Waals surface area contributed by atoms with Gasteiger partial charge >= 0.3 is 0 Å². The normalized spacial score (nSPS) is 11.5. The summed E-state index contributed by atoms with van der Waals surface area (Å²) in [7, 11) is -3.92. The third-order valence-corrected chi connectivity index (χ3v) is 6.45. The highest BCUT2D eigenvalue weighted by Gasteiger charge is 2.17. The number of sulfonamides is 1. The molecule has 31 heavy (non-hydrogen) atoms. The first kappa shape index (κ1) is 21.2. The van der Waals surface area contributed by atoms with Crippen LogP contribution in [0.5, 0.6) is 0 Å². The number of oxazole rings is 1. The standard InChI is InChI=1S/C21H15Cl2N3O4S/c1-12-24-19-10-14(5-8-20(19)30-12)25-21(27)13-3-2-4-15(9-13)26-31(28,29)16-6-7-17(22)18(23)11-16/h2-11,26H,1H3,(H,25,27). The summed E-state index contributed by atoms with van der Waals surface area (Å²) in [6, 6.07) is 15.2. The van der Waals surface area contributed by atoms with Gasteiger partial charge < -0.3 is 9.73 Å². The van der Waals surface area contributed by atoms with Crippen LogP contribution in [0, 0.1) is 6.92 Å². The molecule has 2 N–H and O–H groups in total. The van der Waals surface area contributed by atoms with E-state index in [0.717, 1.165) is 0 Å². The fourth-order valence-electron chi connectivity index (χ4n) is 2.91. The average molecular weight is 476 g/mol. The quantitative estimate of drug-likeness (QED) is 0.396. The van der Waals surface area contributed by atoms with Gasteiger partial charge in [0.25, 0.3) is 15.9 Å². The van der Waals surface area contributed by atoms with Crippen molar-refractivity contribution in [2.75, 3.05) is 10.0 Å². The molecular weight excluding hydrogens is 461 g/mol. The first-order valence-corrected chi connectivity index (χ1v) is 11.2. The number of anilines is 2. The Balaban J connectivity index is 1.54. The molecule has 0 fully saturated rings. The number of nitrogens with zero attached hydrogens (tertiary/aromatic N) is 1. The molecule has 0 aliphatic carbocycles. The number of aryl methyl sites for hydroxylation is 1. The van der Waals surface area contributed by atoms with Crippen molar-refractivity contribution in [2.24, 2.45) is 0 Å². The second-order valence-corrected chi connectivity index (χ2v) is 9.13. The van der Waals surface area contributed by atoms with Crippen LogP contribution < -0.4 is 10.0 Å². The molecule has 0 spiro atoms. The number of aromatic nitrogens is 1. The Morgan fingerprint density at radius 1 is 0.968 bits per heavy atom. The summed E-state index contributed by atoms with van der Waals surface area (Å²) in [6.45, 7) is 1.74. The molecule has 4 aromatic rings. The van der Waals surface area contributed by atoms with E-state index in [9.17, 15) is 13.2 Å². The van der Waals surface area contributed by atoms with Gasteiger partial charge in [-0.15, -0.1) is 0 Å². The van der Waals surface area contributed by atoms with Crippen LogP contribution in [0.25, 0.3) is 11.1 Å². The van der Waals surface area contributed by atoms with Crippen LogP contribution in [0.4, 0.5) is 11.4 Å². The lowest BCUT2D eigenvalue weighted by atomic mass is 10.2. The van der Waals surface area contributed by atoms with Crippen molar-refractivity contribution < 1.29 is 17.6 Å². The van der Waals surface area contributed by atoms with Gasteiger partial charge in [0, 0.05) is 23.9 Å². The first-order valence-electron chi connectivity index (χ1n) is 8.98. The minimum absolute atomic E-state index is 0.0482. The van der Waals surface area contributed by atoms with Gasteiger partial charge in [-0.3, -0.25) is 9.52 Å². The fraction of sp³-hybridized carbons (Fsp3) is 0.0476. The molecule has 7 nitrogen and oxygen atoms in total. The molecule has 1 heterocycles. The molecule has 158 valence electrons. The third kappa shape index (κ3) is 4.66. The van der Waals surface area contributed by atoms with Gasteiger partial charge in [0.2, 0.25) is 0 Å². The summed E-state index contributed by atoms with van der Waals surface area (Å²) < 4.78 is 33.1. The second kappa shape index (κ2) is 8.22. The maximum Gasteiger partial charge on any atom is 0.261 e. The van der Waals surface area contributed by atoms with Gasteiger partial charge in [-0.25, -0.2) is 13.4 Å². The SMILES string of the molecule is Cc1nc2cc(NC(=O)c3cccc(NS(=O)(=O)c4ccc(Cl)c(Cl)c4)c3)ccc2o1. The minimum atomic E-state index is -3.92. The number of amides is 1. The predicted octanol–water partition coefficient (Wildman–Crippen LogP) is 5.50. The molecule has 4 rings (SSSR count). The number of rotatable bonds is 5. The highest BCUT2D eigenvalue weighted by atomic mass is 35.5. The van der Waals surface area contributed by atoms with Crippen molar-refractivity contribution in [1.29, 1.82) is 0 Å². The maximum absolute atomic E-state index is 12.7. The van der Waals surface area contributed by atoms with E-state index in [-0.39, 0.29) is 26.2 Å². The Hall–Kier alpha value is -3.07. The minimum Gasteiger partial charge on any atom is -0.441 e. The number of nitrogens with one attached hydrogen (secondary N) is 2. The molecule has 0 saturated heterocycles. The smallest absolute Gasteiger partial charge is 0.261 e. The largest absolute Gasteiger partial charge is 0.441 e. The van der Waals surface area contributed by atoms with E-state index < -0.39 is 15.9 Å². The molecule has 0 bridgehead atoms. The van der Waals surface area contributed by atoms with Gasteiger partial charge in [0.15, 0.2) is 11.5 Å². The zero-order chi connectivity index (χ0) is 22.2. The number of hydrogen-bond acceptors (Lipinski definition) is 5. The Kier molecular flexibility index (Phi) is 5.62. The van der Waals surface area contributed by atoms with Crippen LogP contribution in [0.15, 0.2) is 70.0 Å². The van der Waals surface area contributed by atoms with E-state index in [2.05, 4.69) is 15.0 Å². The van der Waals surface area contributed by atoms with Crippen molar-refractivity contribution in [3.63, 3.8) is 0 Å². The van der Waals surface area contributed by atoms with Crippen LogP contribution in [0.1, 0.15) is 16.2 Å². The number of fused-ring (bicyclic) bond motifs is 1. The van der Waals surface area contributed by atoms with Crippen LogP contribution in [0.2, 0.25) is 10.0 Å². The Morgan fingerprint density at radius 3 is 2.55 bits per heavy atom. The lowest BCUT2D eigenvalue weighted by molar-refractivity contribution is 0.102. The molecule has 0 radical (unpaired) electrons. The molecule has 3 aromatic carbocycles. The molecule has 0 aliphatic rings. The van der Waals surface area contributed by atoms with Crippen molar-refractivity contribution in [1.82, 2.24) is 4.98 Å². The summed E-state index contributed by atoms with van der Waals surface area (Å²) in [5.41, 5.74) is 2.27. The van der Waals surface area contributed by atoms with Gasteiger partial charge in [0.1, 0.15) is 5.52 Å². The summed E-state index contributed by atoms with van der Waals surface area (Å²) >= 11 is 11.8. The van der Waals surface area contributed by atoms with Crippen molar-refractivity contribution in [2.45, 2.75) is 11.8 Å². The van der Waals surface area contributed by atoms with E-state index in [1.54, 1.807) is 37.3 Å². The van der Waals surface area contributed by atoms with E-state index >= 15 is 0 Å². The van der Waals surface area contributed by atoms with Crippen molar-refractivity contribution in [3.05, 3.63) is 82.2 Å². The highest BCUT2D eigenvalue weighted by molar-refractivity contribution is 7.92. The monoisotopic (exact) mass is 475 g/mol. The van der Waals surface area contributed by atoms with Gasteiger partial charge in [0.05, 0.1) is 14.9 Å². The molecule has 1 amide bonds. The van der Waals surface area contributed by atoms with E-state index in [1.165, 1.54) is 30.3 Å². The van der Waals surface area contributed by atoms with Crippen molar-refractivity contribution >= 4 is 61.6 Å². The fourth-order valence-corrected chi connectivity index (χ4v) is 4.34. The Bertz CT molecular complexity index is 1420. The Morgan fingerprint density at radius 2 is 1.77 bits per heavy atom. The van der Waals surface area contributed by atoms with Crippen LogP contribution in [-0.2, 0) is 10.0 Å². The Labute approximate surface area is 188 Å². The molecule has 10 heteroatoms. The molecule has 1 aromatic heterocycles. The van der Waals surface area contributed by atoms with Gasteiger partial charge in [-0.2, -0.15) is 0 Å². The lowest BCUT2D eigenvalue weighted by Gasteiger charge is -2.10. The summed E-state index contributed by atoms with van der Waals surface area (Å²) in [4.78, 5) is 16.8. The number of benzene rings is 3. The molecule has 0 unspecified atom stereocenters. The average Bonchev–Trinajstić information content (AvgIpc) is 3.09.